The Morgan fingerprint density at radius 3 is 3.05 bits per heavy atom. The molecule has 0 atom stereocenters. The first-order chi connectivity index (χ1) is 9.65. The monoisotopic (exact) mass is 287 g/mol. The smallest absolute Gasteiger partial charge is 0.255 e. The number of halogens is 1. The lowest BCUT2D eigenvalue weighted by Gasteiger charge is -2.10. The lowest BCUT2D eigenvalue weighted by Crippen LogP contribution is -2.13. The second kappa shape index (κ2) is 5.13. The average Bonchev–Trinajstić information content (AvgIpc) is 2.90. The van der Waals surface area contributed by atoms with Crippen LogP contribution in [-0.2, 0) is 6.42 Å². The first-order valence-corrected chi connectivity index (χ1v) is 6.82. The van der Waals surface area contributed by atoms with Crippen LogP contribution in [0.2, 0.25) is 5.15 Å². The first kappa shape index (κ1) is 12.9. The number of aryl methyl sites for hydroxylation is 1. The number of pyridine rings is 1. The first-order valence-electron chi connectivity index (χ1n) is 6.44. The SMILES string of the molecule is Cc1ccnc(Cl)c1NC(=O)c1ccc2c(c1)CCN2. The maximum atomic E-state index is 12.3. The summed E-state index contributed by atoms with van der Waals surface area (Å²) in [4.78, 5) is 16.3. The fourth-order valence-electron chi connectivity index (χ4n) is 2.31. The van der Waals surface area contributed by atoms with Crippen LogP contribution in [0.25, 0.3) is 0 Å². The van der Waals surface area contributed by atoms with Gasteiger partial charge in [-0.25, -0.2) is 4.98 Å². The normalized spacial score (nSPS) is 12.7. The van der Waals surface area contributed by atoms with Crippen LogP contribution < -0.4 is 10.6 Å². The van der Waals surface area contributed by atoms with Gasteiger partial charge in [-0.15, -0.1) is 0 Å². The molecule has 4 nitrogen and oxygen atoms in total. The van der Waals surface area contributed by atoms with Gasteiger partial charge in [0.15, 0.2) is 5.15 Å². The van der Waals surface area contributed by atoms with Gasteiger partial charge in [0.25, 0.3) is 5.91 Å². The minimum absolute atomic E-state index is 0.169. The fraction of sp³-hybridized carbons (Fsp3) is 0.200. The van der Waals surface area contributed by atoms with E-state index in [0.29, 0.717) is 16.4 Å². The van der Waals surface area contributed by atoms with Crippen molar-refractivity contribution in [2.24, 2.45) is 0 Å². The summed E-state index contributed by atoms with van der Waals surface area (Å²) in [6.45, 7) is 2.81. The highest BCUT2D eigenvalue weighted by Gasteiger charge is 2.15. The van der Waals surface area contributed by atoms with Crippen molar-refractivity contribution in [1.29, 1.82) is 0 Å². The van der Waals surface area contributed by atoms with Crippen molar-refractivity contribution in [1.82, 2.24) is 4.98 Å². The highest BCUT2D eigenvalue weighted by Crippen LogP contribution is 2.26. The molecule has 1 aliphatic rings. The van der Waals surface area contributed by atoms with Gasteiger partial charge in [0.05, 0.1) is 5.69 Å². The van der Waals surface area contributed by atoms with Gasteiger partial charge in [0.1, 0.15) is 0 Å². The van der Waals surface area contributed by atoms with E-state index in [1.807, 2.05) is 31.2 Å². The van der Waals surface area contributed by atoms with Crippen molar-refractivity contribution >= 4 is 28.9 Å². The topological polar surface area (TPSA) is 54.0 Å². The van der Waals surface area contributed by atoms with Crippen LogP contribution in [0, 0.1) is 6.92 Å². The predicted octanol–water partition coefficient (Wildman–Crippen LogP) is 3.26. The van der Waals surface area contributed by atoms with Gasteiger partial charge in [0, 0.05) is 24.0 Å². The van der Waals surface area contributed by atoms with Crippen LogP contribution >= 0.6 is 11.6 Å². The Labute approximate surface area is 122 Å². The average molecular weight is 288 g/mol. The molecule has 3 rings (SSSR count). The summed E-state index contributed by atoms with van der Waals surface area (Å²) in [6.07, 6.45) is 2.57. The second-order valence-electron chi connectivity index (χ2n) is 4.80. The molecule has 1 aromatic heterocycles. The van der Waals surface area contributed by atoms with Crippen LogP contribution in [-0.4, -0.2) is 17.4 Å². The molecule has 1 aliphatic heterocycles. The summed E-state index contributed by atoms with van der Waals surface area (Å²) >= 11 is 6.02. The minimum Gasteiger partial charge on any atom is -0.384 e. The summed E-state index contributed by atoms with van der Waals surface area (Å²) < 4.78 is 0. The molecule has 0 unspecified atom stereocenters. The minimum atomic E-state index is -0.169. The molecule has 2 N–H and O–H groups in total. The molecule has 0 saturated carbocycles. The molecule has 0 spiro atoms. The number of hydrogen-bond donors (Lipinski definition) is 2. The van der Waals surface area contributed by atoms with Crippen molar-refractivity contribution in [3.8, 4) is 0 Å². The van der Waals surface area contributed by atoms with E-state index in [-0.39, 0.29) is 5.91 Å². The van der Waals surface area contributed by atoms with E-state index in [2.05, 4.69) is 15.6 Å². The number of nitrogens with zero attached hydrogens (tertiary/aromatic N) is 1. The Morgan fingerprint density at radius 2 is 2.25 bits per heavy atom. The Morgan fingerprint density at radius 1 is 1.40 bits per heavy atom. The number of carbonyl (C=O) groups excluding carboxylic acids is 1. The van der Waals surface area contributed by atoms with E-state index in [9.17, 15) is 4.79 Å². The maximum Gasteiger partial charge on any atom is 0.255 e. The number of aromatic nitrogens is 1. The summed E-state index contributed by atoms with van der Waals surface area (Å²) in [5.41, 5.74) is 4.37. The van der Waals surface area contributed by atoms with E-state index in [0.717, 1.165) is 24.2 Å². The number of fused-ring (bicyclic) bond motifs is 1. The molecule has 0 radical (unpaired) electrons. The van der Waals surface area contributed by atoms with Crippen molar-refractivity contribution in [2.75, 3.05) is 17.2 Å². The standard InChI is InChI=1S/C15H14ClN3O/c1-9-4-6-18-14(16)13(9)19-15(20)11-2-3-12-10(8-11)5-7-17-12/h2-4,6,8,17H,5,7H2,1H3,(H,19,20). The molecule has 0 fully saturated rings. The van der Waals surface area contributed by atoms with E-state index < -0.39 is 0 Å². The van der Waals surface area contributed by atoms with E-state index in [1.165, 1.54) is 5.56 Å². The van der Waals surface area contributed by atoms with Gasteiger partial charge in [-0.1, -0.05) is 11.6 Å². The number of anilines is 2. The number of hydrogen-bond acceptors (Lipinski definition) is 3. The van der Waals surface area contributed by atoms with Gasteiger partial charge >= 0.3 is 0 Å². The molecule has 0 bridgehead atoms. The zero-order valence-corrected chi connectivity index (χ0v) is 11.8. The fourth-order valence-corrected chi connectivity index (χ4v) is 2.56. The van der Waals surface area contributed by atoms with Crippen LogP contribution in [0.15, 0.2) is 30.5 Å². The summed E-state index contributed by atoms with van der Waals surface area (Å²) in [5, 5.41) is 6.41. The molecule has 0 aliphatic carbocycles. The quantitative estimate of drug-likeness (QED) is 0.834. The highest BCUT2D eigenvalue weighted by atomic mass is 35.5. The third kappa shape index (κ3) is 2.34. The van der Waals surface area contributed by atoms with Crippen molar-refractivity contribution in [3.05, 3.63) is 52.3 Å². The molecule has 2 aromatic rings. The third-order valence-corrected chi connectivity index (χ3v) is 3.72. The van der Waals surface area contributed by atoms with E-state index >= 15 is 0 Å². The summed E-state index contributed by atoms with van der Waals surface area (Å²) in [7, 11) is 0. The highest BCUT2D eigenvalue weighted by molar-refractivity contribution is 6.32. The number of amides is 1. The van der Waals surface area contributed by atoms with Crippen LogP contribution in [0.4, 0.5) is 11.4 Å². The number of carbonyl (C=O) groups is 1. The molecular weight excluding hydrogens is 274 g/mol. The van der Waals surface area contributed by atoms with E-state index in [4.69, 9.17) is 11.6 Å². The molecular formula is C15H14ClN3O. The molecule has 102 valence electrons. The number of nitrogens with one attached hydrogen (secondary N) is 2. The number of rotatable bonds is 2. The number of benzene rings is 1. The predicted molar refractivity (Wildman–Crippen MR) is 80.6 cm³/mol. The van der Waals surface area contributed by atoms with Gasteiger partial charge < -0.3 is 10.6 Å². The lowest BCUT2D eigenvalue weighted by molar-refractivity contribution is 0.102. The van der Waals surface area contributed by atoms with Gasteiger partial charge in [-0.3, -0.25) is 4.79 Å². The largest absolute Gasteiger partial charge is 0.384 e. The van der Waals surface area contributed by atoms with E-state index in [1.54, 1.807) is 6.20 Å². The molecule has 5 heteroatoms. The van der Waals surface area contributed by atoms with Crippen LogP contribution in [0.3, 0.4) is 0 Å². The van der Waals surface area contributed by atoms with Crippen LogP contribution in [0.1, 0.15) is 21.5 Å². The molecule has 0 saturated heterocycles. The van der Waals surface area contributed by atoms with Gasteiger partial charge in [-0.05, 0) is 48.7 Å². The van der Waals surface area contributed by atoms with Gasteiger partial charge in [-0.2, -0.15) is 0 Å². The maximum absolute atomic E-state index is 12.3. The molecule has 2 heterocycles. The zero-order valence-electron chi connectivity index (χ0n) is 11.0. The van der Waals surface area contributed by atoms with Crippen molar-refractivity contribution < 1.29 is 4.79 Å². The second-order valence-corrected chi connectivity index (χ2v) is 5.15. The lowest BCUT2D eigenvalue weighted by atomic mass is 10.1. The van der Waals surface area contributed by atoms with Gasteiger partial charge in [0.2, 0.25) is 0 Å². The Hall–Kier alpha value is -2.07. The molecule has 20 heavy (non-hydrogen) atoms. The molecule has 1 aromatic carbocycles. The van der Waals surface area contributed by atoms with Crippen molar-refractivity contribution in [3.63, 3.8) is 0 Å². The Balaban J connectivity index is 1.86. The third-order valence-electron chi connectivity index (χ3n) is 3.43. The molecule has 1 amide bonds. The van der Waals surface area contributed by atoms with Crippen LogP contribution in [0.5, 0.6) is 0 Å². The Bertz CT molecular complexity index is 665. The van der Waals surface area contributed by atoms with Crippen molar-refractivity contribution in [2.45, 2.75) is 13.3 Å². The summed E-state index contributed by atoms with van der Waals surface area (Å²) in [5.74, 6) is -0.169. The zero-order chi connectivity index (χ0) is 14.1. The Kier molecular flexibility index (Phi) is 3.32. The summed E-state index contributed by atoms with van der Waals surface area (Å²) in [6, 6.07) is 7.49.